The topological polar surface area (TPSA) is 69.6 Å². The average Bonchev–Trinajstić information content (AvgIpc) is 3.11. The molecule has 1 aliphatic heterocycles. The predicted molar refractivity (Wildman–Crippen MR) is 83.3 cm³/mol. The van der Waals surface area contributed by atoms with E-state index in [9.17, 15) is 22.8 Å². The summed E-state index contributed by atoms with van der Waals surface area (Å²) in [4.78, 5) is 24.4. The van der Waals surface area contributed by atoms with Gasteiger partial charge in [-0.1, -0.05) is 17.7 Å². The number of urea groups is 1. The van der Waals surface area contributed by atoms with Crippen molar-refractivity contribution in [2.45, 2.75) is 25.1 Å². The molecule has 25 heavy (non-hydrogen) atoms. The number of nitrogens with zero attached hydrogens (tertiary/aromatic N) is 1. The number of alkyl halides is 3. The lowest BCUT2D eigenvalue weighted by Crippen LogP contribution is -2.40. The largest absolute Gasteiger partial charge is 0.481 e. The van der Waals surface area contributed by atoms with E-state index in [1.807, 2.05) is 0 Å². The van der Waals surface area contributed by atoms with Gasteiger partial charge in [0.05, 0.1) is 17.9 Å². The van der Waals surface area contributed by atoms with Crippen LogP contribution in [0.5, 0.6) is 0 Å². The molecular formula is C16H16ClF3N2O3. The summed E-state index contributed by atoms with van der Waals surface area (Å²) in [5.41, 5.74) is 1.88. The standard InChI is InChI=1S/C16H16ClF3N2O3/c17-9-2-3-10-8(5-9)1-4-13(10)21-15(25)22-6-11(14(23)24)12(7-22)16(18,19)20/h2-3,5,11-13H,1,4,6-7H2,(H,21,25)(H,23,24)/t11-,12-,13?/m1/s1. The van der Waals surface area contributed by atoms with Crippen molar-refractivity contribution in [3.63, 3.8) is 0 Å². The van der Waals surface area contributed by atoms with Gasteiger partial charge in [0.2, 0.25) is 0 Å². The second-order valence-electron chi connectivity index (χ2n) is 6.38. The third-order valence-corrected chi connectivity index (χ3v) is 5.06. The maximum Gasteiger partial charge on any atom is 0.394 e. The molecule has 2 N–H and O–H groups in total. The number of fused-ring (bicyclic) bond motifs is 1. The number of amides is 2. The molecule has 0 saturated carbocycles. The maximum absolute atomic E-state index is 13.0. The van der Waals surface area contributed by atoms with Gasteiger partial charge in [-0.15, -0.1) is 0 Å². The maximum atomic E-state index is 13.0. The van der Waals surface area contributed by atoms with E-state index in [0.717, 1.165) is 16.0 Å². The molecule has 9 heteroatoms. The number of aryl methyl sites for hydroxylation is 1. The van der Waals surface area contributed by atoms with Crippen LogP contribution >= 0.6 is 11.6 Å². The number of aliphatic carboxylic acids is 1. The number of carboxylic acids is 1. The lowest BCUT2D eigenvalue weighted by atomic mass is 9.96. The minimum Gasteiger partial charge on any atom is -0.481 e. The molecule has 2 aliphatic rings. The number of carbonyl (C=O) groups is 2. The van der Waals surface area contributed by atoms with Crippen LogP contribution in [0.2, 0.25) is 5.02 Å². The van der Waals surface area contributed by atoms with Gasteiger partial charge in [-0.25, -0.2) is 4.79 Å². The Kier molecular flexibility index (Phi) is 4.57. The van der Waals surface area contributed by atoms with Crippen molar-refractivity contribution >= 4 is 23.6 Å². The number of hydrogen-bond acceptors (Lipinski definition) is 2. The first-order chi connectivity index (χ1) is 11.7. The van der Waals surface area contributed by atoms with Crippen LogP contribution < -0.4 is 5.32 Å². The Labute approximate surface area is 146 Å². The molecule has 1 saturated heterocycles. The van der Waals surface area contributed by atoms with Crippen LogP contribution in [-0.4, -0.2) is 41.3 Å². The van der Waals surface area contributed by atoms with Crippen molar-refractivity contribution in [2.75, 3.05) is 13.1 Å². The van der Waals surface area contributed by atoms with Crippen LogP contribution in [0.4, 0.5) is 18.0 Å². The SMILES string of the molecule is O=C(O)[C@@H]1CN(C(=O)NC2CCc3cc(Cl)ccc32)C[C@H]1C(F)(F)F. The number of likely N-dealkylation sites (tertiary alicyclic amines) is 1. The Bertz CT molecular complexity index is 710. The molecule has 1 unspecified atom stereocenters. The van der Waals surface area contributed by atoms with E-state index in [1.165, 1.54) is 0 Å². The zero-order valence-corrected chi connectivity index (χ0v) is 13.8. The Morgan fingerprint density at radius 2 is 2.00 bits per heavy atom. The van der Waals surface area contributed by atoms with E-state index in [0.29, 0.717) is 17.9 Å². The summed E-state index contributed by atoms with van der Waals surface area (Å²) in [7, 11) is 0. The van der Waals surface area contributed by atoms with Crippen LogP contribution in [0.25, 0.3) is 0 Å². The van der Waals surface area contributed by atoms with Gasteiger partial charge in [-0.05, 0) is 36.1 Å². The van der Waals surface area contributed by atoms with Gasteiger partial charge in [-0.2, -0.15) is 13.2 Å². The molecule has 0 radical (unpaired) electrons. The summed E-state index contributed by atoms with van der Waals surface area (Å²) in [6.07, 6.45) is -3.32. The van der Waals surface area contributed by atoms with E-state index >= 15 is 0 Å². The summed E-state index contributed by atoms with van der Waals surface area (Å²) in [5, 5.41) is 12.3. The molecule has 1 heterocycles. The smallest absolute Gasteiger partial charge is 0.394 e. The molecular weight excluding hydrogens is 361 g/mol. The van der Waals surface area contributed by atoms with E-state index in [1.54, 1.807) is 18.2 Å². The van der Waals surface area contributed by atoms with E-state index < -0.39 is 43.1 Å². The van der Waals surface area contributed by atoms with Crippen LogP contribution in [0, 0.1) is 11.8 Å². The van der Waals surface area contributed by atoms with Gasteiger partial charge in [-0.3, -0.25) is 4.79 Å². The molecule has 1 aromatic carbocycles. The fourth-order valence-electron chi connectivity index (χ4n) is 3.53. The van der Waals surface area contributed by atoms with Crippen molar-refractivity contribution in [1.82, 2.24) is 10.2 Å². The predicted octanol–water partition coefficient (Wildman–Crippen LogP) is 3.23. The number of benzene rings is 1. The minimum absolute atomic E-state index is 0.312. The lowest BCUT2D eigenvalue weighted by Gasteiger charge is -2.21. The molecule has 136 valence electrons. The normalized spacial score (nSPS) is 25.8. The van der Waals surface area contributed by atoms with Crippen LogP contribution in [0.3, 0.4) is 0 Å². The quantitative estimate of drug-likeness (QED) is 0.832. The summed E-state index contributed by atoms with van der Waals surface area (Å²) >= 11 is 5.93. The van der Waals surface area contributed by atoms with Gasteiger partial charge in [0, 0.05) is 18.1 Å². The lowest BCUT2D eigenvalue weighted by molar-refractivity contribution is -0.187. The molecule has 0 aromatic heterocycles. The second kappa shape index (κ2) is 6.40. The van der Waals surface area contributed by atoms with Crippen molar-refractivity contribution in [3.05, 3.63) is 34.3 Å². The highest BCUT2D eigenvalue weighted by Crippen LogP contribution is 2.38. The van der Waals surface area contributed by atoms with Gasteiger partial charge in [0.1, 0.15) is 0 Å². The van der Waals surface area contributed by atoms with Crippen molar-refractivity contribution in [3.8, 4) is 0 Å². The molecule has 3 atom stereocenters. The number of rotatable bonds is 2. The molecule has 2 amide bonds. The van der Waals surface area contributed by atoms with Gasteiger partial charge < -0.3 is 15.3 Å². The fraction of sp³-hybridized carbons (Fsp3) is 0.500. The Morgan fingerprint density at radius 1 is 1.28 bits per heavy atom. The second-order valence-corrected chi connectivity index (χ2v) is 6.82. The van der Waals surface area contributed by atoms with E-state index in [2.05, 4.69) is 5.32 Å². The highest BCUT2D eigenvalue weighted by Gasteiger charge is 2.53. The Balaban J connectivity index is 1.70. The summed E-state index contributed by atoms with van der Waals surface area (Å²) in [6, 6.07) is 4.30. The number of carboxylic acid groups (broad SMARTS) is 1. The van der Waals surface area contributed by atoms with E-state index in [-0.39, 0.29) is 6.04 Å². The highest BCUT2D eigenvalue weighted by molar-refractivity contribution is 6.30. The first-order valence-corrected chi connectivity index (χ1v) is 8.18. The van der Waals surface area contributed by atoms with Gasteiger partial charge >= 0.3 is 18.2 Å². The van der Waals surface area contributed by atoms with Crippen LogP contribution in [-0.2, 0) is 11.2 Å². The molecule has 0 bridgehead atoms. The van der Waals surface area contributed by atoms with Crippen LogP contribution in [0.1, 0.15) is 23.6 Å². The highest BCUT2D eigenvalue weighted by atomic mass is 35.5. The first kappa shape index (κ1) is 17.8. The van der Waals surface area contributed by atoms with Crippen molar-refractivity contribution in [1.29, 1.82) is 0 Å². The number of carbonyl (C=O) groups excluding carboxylic acids is 1. The number of nitrogens with one attached hydrogen (secondary N) is 1. The fourth-order valence-corrected chi connectivity index (χ4v) is 3.72. The summed E-state index contributed by atoms with van der Waals surface area (Å²) < 4.78 is 39.0. The number of halogens is 4. The Hall–Kier alpha value is -1.96. The zero-order chi connectivity index (χ0) is 18.4. The average molecular weight is 377 g/mol. The van der Waals surface area contributed by atoms with Gasteiger partial charge in [0.15, 0.2) is 0 Å². The molecule has 1 aliphatic carbocycles. The molecule has 1 fully saturated rings. The van der Waals surface area contributed by atoms with Crippen molar-refractivity contribution < 1.29 is 27.9 Å². The Morgan fingerprint density at radius 3 is 2.60 bits per heavy atom. The zero-order valence-electron chi connectivity index (χ0n) is 13.0. The molecule has 1 aromatic rings. The van der Waals surface area contributed by atoms with Gasteiger partial charge in [0.25, 0.3) is 0 Å². The third-order valence-electron chi connectivity index (χ3n) is 4.83. The molecule has 5 nitrogen and oxygen atoms in total. The molecule has 3 rings (SSSR count). The third kappa shape index (κ3) is 3.53. The number of hydrogen-bond donors (Lipinski definition) is 2. The van der Waals surface area contributed by atoms with Crippen molar-refractivity contribution in [2.24, 2.45) is 11.8 Å². The summed E-state index contributed by atoms with van der Waals surface area (Å²) in [5.74, 6) is -5.23. The first-order valence-electron chi connectivity index (χ1n) is 7.80. The summed E-state index contributed by atoms with van der Waals surface area (Å²) in [6.45, 7) is -1.10. The monoisotopic (exact) mass is 376 g/mol. The minimum atomic E-state index is -4.66. The van der Waals surface area contributed by atoms with Crippen LogP contribution in [0.15, 0.2) is 18.2 Å². The van der Waals surface area contributed by atoms with E-state index in [4.69, 9.17) is 16.7 Å². The molecule has 0 spiro atoms.